The third kappa shape index (κ3) is 3.13. The molecule has 7 heteroatoms. The van der Waals surface area contributed by atoms with Gasteiger partial charge < -0.3 is 0 Å². The number of benzene rings is 2. The molecule has 0 spiro atoms. The largest absolute Gasteiger partial charge is 0.280 e. The first-order chi connectivity index (χ1) is 10.5. The molecule has 22 heavy (non-hydrogen) atoms. The van der Waals surface area contributed by atoms with E-state index in [-0.39, 0.29) is 4.90 Å². The molecule has 0 saturated carbocycles. The number of aromatic amines is 1. The number of H-pyrrole nitrogens is 1. The molecule has 2 aromatic carbocycles. The molecule has 1 aromatic heterocycles. The maximum Gasteiger partial charge on any atom is 0.261 e. The number of sulfonamides is 1. The van der Waals surface area contributed by atoms with E-state index < -0.39 is 10.0 Å². The van der Waals surface area contributed by atoms with Crippen molar-refractivity contribution in [3.8, 4) is 11.3 Å². The van der Waals surface area contributed by atoms with Crippen molar-refractivity contribution >= 4 is 27.3 Å². The van der Waals surface area contributed by atoms with Crippen LogP contribution in [0.25, 0.3) is 11.3 Å². The molecule has 3 aromatic rings. The first-order valence-corrected chi connectivity index (χ1v) is 8.29. The summed E-state index contributed by atoms with van der Waals surface area (Å²) in [4.78, 5) is 0.118. The van der Waals surface area contributed by atoms with Crippen LogP contribution < -0.4 is 4.72 Å². The van der Waals surface area contributed by atoms with E-state index in [2.05, 4.69) is 14.9 Å². The van der Waals surface area contributed by atoms with E-state index in [0.29, 0.717) is 10.7 Å². The van der Waals surface area contributed by atoms with Gasteiger partial charge in [-0.25, -0.2) is 8.42 Å². The van der Waals surface area contributed by atoms with Crippen LogP contribution in [0.2, 0.25) is 5.02 Å². The Hall–Kier alpha value is -2.31. The topological polar surface area (TPSA) is 74.8 Å². The smallest absolute Gasteiger partial charge is 0.261 e. The summed E-state index contributed by atoms with van der Waals surface area (Å²) in [5.41, 5.74) is 2.11. The Balaban J connectivity index is 1.91. The van der Waals surface area contributed by atoms with E-state index in [1.54, 1.807) is 36.5 Å². The van der Waals surface area contributed by atoms with Gasteiger partial charge in [0.2, 0.25) is 0 Å². The summed E-state index contributed by atoms with van der Waals surface area (Å²) in [6.07, 6.45) is 1.64. The molecular weight excluding hydrogens is 322 g/mol. The molecule has 0 atom stereocenters. The predicted molar refractivity (Wildman–Crippen MR) is 86.3 cm³/mol. The van der Waals surface area contributed by atoms with Crippen molar-refractivity contribution in [1.82, 2.24) is 10.2 Å². The van der Waals surface area contributed by atoms with Crippen LogP contribution in [0.3, 0.4) is 0 Å². The number of anilines is 1. The Kier molecular flexibility index (Phi) is 3.87. The predicted octanol–water partition coefficient (Wildman–Crippen LogP) is 3.53. The number of nitrogens with zero attached hydrogens (tertiary/aromatic N) is 1. The number of halogens is 1. The van der Waals surface area contributed by atoms with Gasteiger partial charge in [-0.15, -0.1) is 0 Å². The Morgan fingerprint density at radius 3 is 2.59 bits per heavy atom. The van der Waals surface area contributed by atoms with Gasteiger partial charge in [0.15, 0.2) is 0 Å². The third-order valence-electron chi connectivity index (χ3n) is 3.03. The Labute approximate surface area is 133 Å². The summed E-state index contributed by atoms with van der Waals surface area (Å²) >= 11 is 5.84. The van der Waals surface area contributed by atoms with Gasteiger partial charge in [-0.2, -0.15) is 5.10 Å². The minimum atomic E-state index is -3.68. The molecule has 1 heterocycles. The van der Waals surface area contributed by atoms with Crippen LogP contribution in [0.5, 0.6) is 0 Å². The van der Waals surface area contributed by atoms with Crippen molar-refractivity contribution in [3.63, 3.8) is 0 Å². The molecule has 5 nitrogen and oxygen atoms in total. The molecule has 0 aliphatic rings. The van der Waals surface area contributed by atoms with Gasteiger partial charge >= 0.3 is 0 Å². The van der Waals surface area contributed by atoms with E-state index in [1.165, 1.54) is 12.1 Å². The highest BCUT2D eigenvalue weighted by Gasteiger charge is 2.14. The van der Waals surface area contributed by atoms with Crippen molar-refractivity contribution in [3.05, 3.63) is 65.8 Å². The molecule has 0 aliphatic heterocycles. The fourth-order valence-electron chi connectivity index (χ4n) is 2.02. The standard InChI is InChI=1S/C15H12ClN3O2S/c16-12-4-2-6-14(10-12)22(20,21)19-13-5-1-3-11(9-13)15-7-8-17-18-15/h1-10,19H,(H,17,18). The zero-order valence-electron chi connectivity index (χ0n) is 11.3. The highest BCUT2D eigenvalue weighted by molar-refractivity contribution is 7.92. The minimum Gasteiger partial charge on any atom is -0.280 e. The van der Waals surface area contributed by atoms with E-state index in [9.17, 15) is 8.42 Å². The molecule has 0 amide bonds. The third-order valence-corrected chi connectivity index (χ3v) is 4.65. The number of nitrogens with one attached hydrogen (secondary N) is 2. The lowest BCUT2D eigenvalue weighted by atomic mass is 10.1. The van der Waals surface area contributed by atoms with Gasteiger partial charge in [0, 0.05) is 22.5 Å². The van der Waals surface area contributed by atoms with E-state index in [0.717, 1.165) is 11.3 Å². The number of aromatic nitrogens is 2. The second-order valence-corrected chi connectivity index (χ2v) is 6.73. The molecule has 0 bridgehead atoms. The summed E-state index contributed by atoms with van der Waals surface area (Å²) < 4.78 is 27.3. The zero-order chi connectivity index (χ0) is 15.6. The van der Waals surface area contributed by atoms with Crippen LogP contribution in [-0.2, 0) is 10.0 Å². The van der Waals surface area contributed by atoms with Crippen LogP contribution in [0.15, 0.2) is 65.7 Å². The molecule has 0 aliphatic carbocycles. The maximum atomic E-state index is 12.4. The van der Waals surface area contributed by atoms with Crippen LogP contribution >= 0.6 is 11.6 Å². The molecule has 2 N–H and O–H groups in total. The Bertz CT molecular complexity index is 893. The van der Waals surface area contributed by atoms with Crippen LogP contribution in [0.4, 0.5) is 5.69 Å². The van der Waals surface area contributed by atoms with Crippen LogP contribution in [0.1, 0.15) is 0 Å². The minimum absolute atomic E-state index is 0.118. The normalized spacial score (nSPS) is 11.3. The summed E-state index contributed by atoms with van der Waals surface area (Å²) in [7, 11) is -3.68. The Morgan fingerprint density at radius 2 is 1.86 bits per heavy atom. The quantitative estimate of drug-likeness (QED) is 0.767. The molecule has 0 fully saturated rings. The SMILES string of the molecule is O=S(=O)(Nc1cccc(-c2ccn[nH]2)c1)c1cccc(Cl)c1. The van der Waals surface area contributed by atoms with E-state index >= 15 is 0 Å². The molecule has 0 unspecified atom stereocenters. The molecule has 112 valence electrons. The van der Waals surface area contributed by atoms with Gasteiger partial charge in [-0.3, -0.25) is 9.82 Å². The summed E-state index contributed by atoms with van der Waals surface area (Å²) in [6, 6.07) is 15.0. The molecule has 0 saturated heterocycles. The zero-order valence-corrected chi connectivity index (χ0v) is 12.9. The van der Waals surface area contributed by atoms with Gasteiger partial charge in [0.05, 0.1) is 10.6 Å². The van der Waals surface area contributed by atoms with Crippen molar-refractivity contribution < 1.29 is 8.42 Å². The van der Waals surface area contributed by atoms with E-state index in [1.807, 2.05) is 12.1 Å². The first-order valence-electron chi connectivity index (χ1n) is 6.43. The lowest BCUT2D eigenvalue weighted by Crippen LogP contribution is -2.12. The second-order valence-electron chi connectivity index (χ2n) is 4.61. The highest BCUT2D eigenvalue weighted by Crippen LogP contribution is 2.23. The first kappa shape index (κ1) is 14.6. The van der Waals surface area contributed by atoms with Crippen molar-refractivity contribution in [2.75, 3.05) is 4.72 Å². The van der Waals surface area contributed by atoms with Gasteiger partial charge in [-0.1, -0.05) is 29.8 Å². The number of hydrogen-bond acceptors (Lipinski definition) is 3. The lowest BCUT2D eigenvalue weighted by molar-refractivity contribution is 0.601. The lowest BCUT2D eigenvalue weighted by Gasteiger charge is -2.09. The van der Waals surface area contributed by atoms with Crippen molar-refractivity contribution in [2.24, 2.45) is 0 Å². The summed E-state index contributed by atoms with van der Waals surface area (Å²) in [5, 5.41) is 7.09. The molecule has 3 rings (SSSR count). The summed E-state index contributed by atoms with van der Waals surface area (Å²) in [6.45, 7) is 0. The second kappa shape index (κ2) is 5.82. The monoisotopic (exact) mass is 333 g/mol. The van der Waals surface area contributed by atoms with Gasteiger partial charge in [0.1, 0.15) is 0 Å². The highest BCUT2D eigenvalue weighted by atomic mass is 35.5. The van der Waals surface area contributed by atoms with Crippen molar-refractivity contribution in [1.29, 1.82) is 0 Å². The average molecular weight is 334 g/mol. The average Bonchev–Trinajstić information content (AvgIpc) is 3.01. The van der Waals surface area contributed by atoms with E-state index in [4.69, 9.17) is 11.6 Å². The molecule has 0 radical (unpaired) electrons. The fraction of sp³-hybridized carbons (Fsp3) is 0. The van der Waals surface area contributed by atoms with Crippen LogP contribution in [0, 0.1) is 0 Å². The van der Waals surface area contributed by atoms with Gasteiger partial charge in [-0.05, 0) is 36.4 Å². The van der Waals surface area contributed by atoms with Crippen LogP contribution in [-0.4, -0.2) is 18.6 Å². The fourth-order valence-corrected chi connectivity index (χ4v) is 3.37. The molecular formula is C15H12ClN3O2S. The summed E-state index contributed by atoms with van der Waals surface area (Å²) in [5.74, 6) is 0. The number of rotatable bonds is 4. The van der Waals surface area contributed by atoms with Crippen molar-refractivity contribution in [2.45, 2.75) is 4.90 Å². The number of hydrogen-bond donors (Lipinski definition) is 2. The maximum absolute atomic E-state index is 12.4. The van der Waals surface area contributed by atoms with Gasteiger partial charge in [0.25, 0.3) is 10.0 Å². The Morgan fingerprint density at radius 1 is 1.05 bits per heavy atom.